The number of nitrogens with one attached hydrogen (secondary N) is 1. The summed E-state index contributed by atoms with van der Waals surface area (Å²) in [4.78, 5) is 6.55. The Hall–Kier alpha value is -1.10. The number of piperidine rings is 1. The van der Waals surface area contributed by atoms with Crippen LogP contribution in [-0.4, -0.2) is 34.3 Å². The highest BCUT2D eigenvalue weighted by Gasteiger charge is 2.19. The van der Waals surface area contributed by atoms with Crippen LogP contribution in [0.15, 0.2) is 0 Å². The Bertz CT molecular complexity index is 295. The van der Waals surface area contributed by atoms with Crippen LogP contribution in [0.5, 0.6) is 0 Å². The third-order valence-corrected chi connectivity index (χ3v) is 2.60. The summed E-state index contributed by atoms with van der Waals surface area (Å²) in [5.74, 6) is 1.75. The first kappa shape index (κ1) is 9.45. The first-order valence-corrected chi connectivity index (χ1v) is 5.21. The summed E-state index contributed by atoms with van der Waals surface area (Å²) in [6.07, 6.45) is 3.14. The van der Waals surface area contributed by atoms with Crippen LogP contribution in [0.4, 0.5) is 5.95 Å². The van der Waals surface area contributed by atoms with Gasteiger partial charge >= 0.3 is 0 Å². The average molecular weight is 195 g/mol. The average Bonchev–Trinajstić information content (AvgIpc) is 2.66. The van der Waals surface area contributed by atoms with E-state index in [9.17, 15) is 0 Å². The lowest BCUT2D eigenvalue weighted by Crippen LogP contribution is -2.43. The van der Waals surface area contributed by atoms with Gasteiger partial charge in [0.2, 0.25) is 5.95 Å². The van der Waals surface area contributed by atoms with Gasteiger partial charge in [-0.3, -0.25) is 5.10 Å². The second-order valence-corrected chi connectivity index (χ2v) is 3.78. The Morgan fingerprint density at radius 1 is 1.64 bits per heavy atom. The molecule has 5 heteroatoms. The maximum Gasteiger partial charge on any atom is 0.244 e. The summed E-state index contributed by atoms with van der Waals surface area (Å²) in [5, 5.41) is 7.10. The maximum atomic E-state index is 5.89. The summed E-state index contributed by atoms with van der Waals surface area (Å²) in [6, 6.07) is 0.271. The predicted octanol–water partition coefficient (Wildman–Crippen LogP) is 0.295. The smallest absolute Gasteiger partial charge is 0.244 e. The van der Waals surface area contributed by atoms with Crippen molar-refractivity contribution < 1.29 is 0 Å². The summed E-state index contributed by atoms with van der Waals surface area (Å²) in [6.45, 7) is 3.96. The highest BCUT2D eigenvalue weighted by Crippen LogP contribution is 2.14. The van der Waals surface area contributed by atoms with E-state index in [2.05, 4.69) is 27.0 Å². The zero-order chi connectivity index (χ0) is 9.97. The lowest BCUT2D eigenvalue weighted by Gasteiger charge is -2.29. The SMILES string of the molecule is CCc1nc(N2CCCC(N)C2)n[nH]1. The molecular formula is C9H17N5. The van der Waals surface area contributed by atoms with E-state index >= 15 is 0 Å². The normalized spacial score (nSPS) is 22.7. The molecule has 1 atom stereocenters. The van der Waals surface area contributed by atoms with Gasteiger partial charge in [-0.25, -0.2) is 0 Å². The molecule has 2 rings (SSSR count). The molecule has 0 amide bonds. The van der Waals surface area contributed by atoms with Crippen molar-refractivity contribution in [3.63, 3.8) is 0 Å². The van der Waals surface area contributed by atoms with Gasteiger partial charge in [-0.2, -0.15) is 4.98 Å². The number of hydrogen-bond donors (Lipinski definition) is 2. The Kier molecular flexibility index (Phi) is 2.67. The number of H-pyrrole nitrogens is 1. The third kappa shape index (κ3) is 1.87. The lowest BCUT2D eigenvalue weighted by molar-refractivity contribution is 0.500. The largest absolute Gasteiger partial charge is 0.338 e. The minimum Gasteiger partial charge on any atom is -0.338 e. The quantitative estimate of drug-likeness (QED) is 0.711. The molecule has 3 N–H and O–H groups in total. The van der Waals surface area contributed by atoms with Gasteiger partial charge in [0.15, 0.2) is 0 Å². The zero-order valence-electron chi connectivity index (χ0n) is 8.53. The predicted molar refractivity (Wildman–Crippen MR) is 55.2 cm³/mol. The van der Waals surface area contributed by atoms with E-state index in [0.717, 1.165) is 44.1 Å². The summed E-state index contributed by atoms with van der Waals surface area (Å²) in [7, 11) is 0. The molecule has 1 aliphatic rings. The highest BCUT2D eigenvalue weighted by molar-refractivity contribution is 5.29. The number of hydrogen-bond acceptors (Lipinski definition) is 4. The van der Waals surface area contributed by atoms with Crippen LogP contribution in [0.25, 0.3) is 0 Å². The van der Waals surface area contributed by atoms with E-state index < -0.39 is 0 Å². The van der Waals surface area contributed by atoms with Crippen molar-refractivity contribution in [2.75, 3.05) is 18.0 Å². The van der Waals surface area contributed by atoms with Gasteiger partial charge < -0.3 is 10.6 Å². The van der Waals surface area contributed by atoms with Crippen molar-refractivity contribution >= 4 is 5.95 Å². The van der Waals surface area contributed by atoms with Gasteiger partial charge in [0, 0.05) is 25.6 Å². The van der Waals surface area contributed by atoms with E-state index in [1.807, 2.05) is 0 Å². The molecule has 5 nitrogen and oxygen atoms in total. The summed E-state index contributed by atoms with van der Waals surface area (Å²) >= 11 is 0. The monoisotopic (exact) mass is 195 g/mol. The second kappa shape index (κ2) is 3.96. The van der Waals surface area contributed by atoms with Crippen molar-refractivity contribution in [1.82, 2.24) is 15.2 Å². The van der Waals surface area contributed by atoms with Crippen molar-refractivity contribution in [3.8, 4) is 0 Å². The first-order valence-electron chi connectivity index (χ1n) is 5.21. The maximum absolute atomic E-state index is 5.89. The molecule has 1 aliphatic heterocycles. The molecule has 0 aliphatic carbocycles. The Labute approximate surface area is 83.7 Å². The minimum absolute atomic E-state index is 0.271. The highest BCUT2D eigenvalue weighted by atomic mass is 15.4. The van der Waals surface area contributed by atoms with Crippen LogP contribution in [0.2, 0.25) is 0 Å². The zero-order valence-corrected chi connectivity index (χ0v) is 8.53. The molecule has 0 aromatic carbocycles. The molecule has 1 saturated heterocycles. The van der Waals surface area contributed by atoms with E-state index in [1.54, 1.807) is 0 Å². The van der Waals surface area contributed by atoms with Crippen LogP contribution in [0.3, 0.4) is 0 Å². The second-order valence-electron chi connectivity index (χ2n) is 3.78. The number of anilines is 1. The van der Waals surface area contributed by atoms with E-state index in [-0.39, 0.29) is 6.04 Å². The number of nitrogens with two attached hydrogens (primary N) is 1. The Morgan fingerprint density at radius 2 is 2.50 bits per heavy atom. The van der Waals surface area contributed by atoms with Crippen LogP contribution in [0, 0.1) is 0 Å². The fourth-order valence-corrected chi connectivity index (χ4v) is 1.78. The molecule has 1 fully saturated rings. The molecule has 1 aromatic heterocycles. The van der Waals surface area contributed by atoms with Crippen molar-refractivity contribution in [3.05, 3.63) is 5.82 Å². The molecule has 78 valence electrons. The third-order valence-electron chi connectivity index (χ3n) is 2.60. The molecule has 1 aromatic rings. The van der Waals surface area contributed by atoms with Crippen molar-refractivity contribution in [2.45, 2.75) is 32.2 Å². The fraction of sp³-hybridized carbons (Fsp3) is 0.778. The van der Waals surface area contributed by atoms with E-state index in [0.29, 0.717) is 0 Å². The minimum atomic E-state index is 0.271. The van der Waals surface area contributed by atoms with Gasteiger partial charge in [-0.05, 0) is 12.8 Å². The fourth-order valence-electron chi connectivity index (χ4n) is 1.78. The molecule has 14 heavy (non-hydrogen) atoms. The van der Waals surface area contributed by atoms with Crippen LogP contribution in [0.1, 0.15) is 25.6 Å². The molecule has 0 bridgehead atoms. The van der Waals surface area contributed by atoms with Gasteiger partial charge in [-0.15, -0.1) is 5.10 Å². The van der Waals surface area contributed by atoms with Gasteiger partial charge in [0.1, 0.15) is 5.82 Å². The molecule has 1 unspecified atom stereocenters. The van der Waals surface area contributed by atoms with Crippen LogP contribution in [-0.2, 0) is 6.42 Å². The summed E-state index contributed by atoms with van der Waals surface area (Å²) in [5.41, 5.74) is 5.89. The topological polar surface area (TPSA) is 70.8 Å². The lowest BCUT2D eigenvalue weighted by atomic mass is 10.1. The molecule has 0 spiro atoms. The number of rotatable bonds is 2. The van der Waals surface area contributed by atoms with E-state index in [1.165, 1.54) is 0 Å². The number of aryl methyl sites for hydroxylation is 1. The van der Waals surface area contributed by atoms with Gasteiger partial charge in [-0.1, -0.05) is 6.92 Å². The van der Waals surface area contributed by atoms with Gasteiger partial charge in [0.25, 0.3) is 0 Å². The van der Waals surface area contributed by atoms with Gasteiger partial charge in [0.05, 0.1) is 0 Å². The van der Waals surface area contributed by atoms with Crippen molar-refractivity contribution in [1.29, 1.82) is 0 Å². The standard InChI is InChI=1S/C9H17N5/c1-2-8-11-9(13-12-8)14-5-3-4-7(10)6-14/h7H,2-6,10H2,1H3,(H,11,12,13). The van der Waals surface area contributed by atoms with Crippen molar-refractivity contribution in [2.24, 2.45) is 5.73 Å². The number of aromatic nitrogens is 3. The van der Waals surface area contributed by atoms with E-state index in [4.69, 9.17) is 5.73 Å². The molecule has 2 heterocycles. The number of nitrogens with zero attached hydrogens (tertiary/aromatic N) is 3. The number of aromatic amines is 1. The molecule has 0 radical (unpaired) electrons. The Balaban J connectivity index is 2.06. The molecular weight excluding hydrogens is 178 g/mol. The summed E-state index contributed by atoms with van der Waals surface area (Å²) < 4.78 is 0. The first-order chi connectivity index (χ1) is 6.79. The Morgan fingerprint density at radius 3 is 3.14 bits per heavy atom. The molecule has 0 saturated carbocycles. The van der Waals surface area contributed by atoms with Crippen LogP contribution >= 0.6 is 0 Å². The van der Waals surface area contributed by atoms with Crippen LogP contribution < -0.4 is 10.6 Å².